The number of carbonyl (C=O) groups excluding carboxylic acids is 1. The van der Waals surface area contributed by atoms with Gasteiger partial charge in [0.05, 0.1) is 16.9 Å². The molecule has 0 unspecified atom stereocenters. The molecule has 2 aromatic rings. The lowest BCUT2D eigenvalue weighted by Crippen LogP contribution is -2.01. The lowest BCUT2D eigenvalue weighted by molar-refractivity contribution is 0.111. The minimum Gasteiger partial charge on any atom is -0.296 e. The number of halogens is 2. The minimum atomic E-state index is 0.333. The average Bonchev–Trinajstić information content (AvgIpc) is 2.65. The largest absolute Gasteiger partial charge is 0.296 e. The first-order valence-electron chi connectivity index (χ1n) is 4.03. The molecule has 1 aromatic carbocycles. The lowest BCUT2D eigenvalue weighted by Gasteiger charge is -2.04. The first kappa shape index (κ1) is 10.1. The van der Waals surface area contributed by atoms with Crippen LogP contribution < -0.4 is 0 Å². The van der Waals surface area contributed by atoms with Crippen molar-refractivity contribution < 1.29 is 4.79 Å². The summed E-state index contributed by atoms with van der Waals surface area (Å²) in [5.41, 5.74) is 0.903. The second kappa shape index (κ2) is 4.00. The quantitative estimate of drug-likeness (QED) is 0.759. The summed E-state index contributed by atoms with van der Waals surface area (Å²) in [5, 5.41) is 8.32. The fraction of sp³-hybridized carbons (Fsp3) is 0. The van der Waals surface area contributed by atoms with E-state index in [4.69, 9.17) is 23.2 Å². The summed E-state index contributed by atoms with van der Waals surface area (Å²) in [5.74, 6) is 0. The van der Waals surface area contributed by atoms with Crippen molar-refractivity contribution in [2.24, 2.45) is 0 Å². The molecular weight excluding hydrogens is 237 g/mol. The van der Waals surface area contributed by atoms with Crippen LogP contribution in [0.5, 0.6) is 0 Å². The number of hydrogen-bond acceptors (Lipinski definition) is 3. The van der Waals surface area contributed by atoms with Crippen LogP contribution in [0.25, 0.3) is 5.69 Å². The highest BCUT2D eigenvalue weighted by atomic mass is 35.5. The topological polar surface area (TPSA) is 47.8 Å². The van der Waals surface area contributed by atoms with Crippen molar-refractivity contribution in [3.63, 3.8) is 0 Å². The van der Waals surface area contributed by atoms with Gasteiger partial charge in [-0.1, -0.05) is 28.4 Å². The molecule has 1 aromatic heterocycles. The second-order valence-electron chi connectivity index (χ2n) is 2.78. The maximum absolute atomic E-state index is 10.7. The molecular formula is C9H5Cl2N3O. The van der Waals surface area contributed by atoms with E-state index in [0.29, 0.717) is 27.7 Å². The molecule has 1 heterocycles. The van der Waals surface area contributed by atoms with Crippen LogP contribution in [0.2, 0.25) is 10.0 Å². The predicted molar refractivity (Wildman–Crippen MR) is 56.8 cm³/mol. The van der Waals surface area contributed by atoms with Crippen molar-refractivity contribution in [2.75, 3.05) is 0 Å². The molecule has 4 nitrogen and oxygen atoms in total. The summed E-state index contributed by atoms with van der Waals surface area (Å²) in [6.07, 6.45) is 2.02. The second-order valence-corrected chi connectivity index (χ2v) is 3.63. The van der Waals surface area contributed by atoms with Gasteiger partial charge < -0.3 is 0 Å². The van der Waals surface area contributed by atoms with Crippen LogP contribution in [0, 0.1) is 0 Å². The van der Waals surface area contributed by atoms with E-state index in [9.17, 15) is 4.79 Å². The first-order chi connectivity index (χ1) is 7.22. The number of hydrogen-bond donors (Lipinski definition) is 0. The van der Waals surface area contributed by atoms with Gasteiger partial charge in [0.15, 0.2) is 6.29 Å². The Bertz CT molecular complexity index is 510. The number of carbonyl (C=O) groups is 1. The van der Waals surface area contributed by atoms with Gasteiger partial charge in [-0.25, -0.2) is 4.68 Å². The molecule has 0 aliphatic rings. The number of benzene rings is 1. The Labute approximate surface area is 95.4 Å². The molecule has 6 heteroatoms. The molecule has 0 fully saturated rings. The molecule has 0 aliphatic heterocycles. The van der Waals surface area contributed by atoms with Gasteiger partial charge >= 0.3 is 0 Å². The lowest BCUT2D eigenvalue weighted by atomic mass is 10.3. The van der Waals surface area contributed by atoms with Gasteiger partial charge in [-0.05, 0) is 18.2 Å². The van der Waals surface area contributed by atoms with E-state index >= 15 is 0 Å². The molecule has 0 bridgehead atoms. The van der Waals surface area contributed by atoms with Crippen LogP contribution in [0.15, 0.2) is 24.4 Å². The van der Waals surface area contributed by atoms with E-state index in [0.717, 1.165) is 0 Å². The van der Waals surface area contributed by atoms with Crippen molar-refractivity contribution in [3.05, 3.63) is 40.1 Å². The van der Waals surface area contributed by atoms with Gasteiger partial charge in [0, 0.05) is 5.02 Å². The summed E-state index contributed by atoms with van der Waals surface area (Å²) < 4.78 is 1.35. The highest BCUT2D eigenvalue weighted by Crippen LogP contribution is 2.24. The maximum atomic E-state index is 10.7. The Morgan fingerprint density at radius 1 is 1.33 bits per heavy atom. The maximum Gasteiger partial charge on any atom is 0.170 e. The van der Waals surface area contributed by atoms with Gasteiger partial charge in [-0.15, -0.1) is 5.10 Å². The normalized spacial score (nSPS) is 10.3. The van der Waals surface area contributed by atoms with Gasteiger partial charge in [-0.2, -0.15) is 0 Å². The van der Waals surface area contributed by atoms with Gasteiger partial charge in [0.2, 0.25) is 0 Å². The highest BCUT2D eigenvalue weighted by Gasteiger charge is 2.08. The summed E-state index contributed by atoms with van der Waals surface area (Å²) >= 11 is 11.7. The monoisotopic (exact) mass is 241 g/mol. The Morgan fingerprint density at radius 3 is 2.80 bits per heavy atom. The van der Waals surface area contributed by atoms with E-state index in [2.05, 4.69) is 10.3 Å². The molecule has 0 amide bonds. The summed E-state index contributed by atoms with van der Waals surface area (Å²) in [6.45, 7) is 0. The fourth-order valence-corrected chi connectivity index (χ4v) is 1.65. The standard InChI is InChI=1S/C9H5Cl2N3O/c10-6-1-2-9(8(11)3-6)14-7(5-15)4-12-13-14/h1-5H. The SMILES string of the molecule is O=Cc1cnnn1-c1ccc(Cl)cc1Cl. The molecule has 0 saturated carbocycles. The zero-order valence-corrected chi connectivity index (χ0v) is 8.90. The van der Waals surface area contributed by atoms with E-state index in [1.807, 2.05) is 0 Å². The molecule has 0 spiro atoms. The first-order valence-corrected chi connectivity index (χ1v) is 4.79. The Hall–Kier alpha value is -1.39. The van der Waals surface area contributed by atoms with Crippen molar-refractivity contribution in [1.29, 1.82) is 0 Å². The smallest absolute Gasteiger partial charge is 0.170 e. The number of nitrogens with zero attached hydrogens (tertiary/aromatic N) is 3. The van der Waals surface area contributed by atoms with Crippen molar-refractivity contribution in [2.45, 2.75) is 0 Å². The molecule has 0 radical (unpaired) electrons. The molecule has 2 rings (SSSR count). The third-order valence-corrected chi connectivity index (χ3v) is 2.37. The van der Waals surface area contributed by atoms with Gasteiger partial charge in [-0.3, -0.25) is 4.79 Å². The average molecular weight is 242 g/mol. The summed E-state index contributed by atoms with van der Waals surface area (Å²) in [4.78, 5) is 10.7. The van der Waals surface area contributed by atoms with E-state index < -0.39 is 0 Å². The predicted octanol–water partition coefficient (Wildman–Crippen LogP) is 2.39. The number of rotatable bonds is 2. The third kappa shape index (κ3) is 1.86. The number of aromatic nitrogens is 3. The van der Waals surface area contributed by atoms with E-state index in [-0.39, 0.29) is 0 Å². The Kier molecular flexibility index (Phi) is 2.70. The van der Waals surface area contributed by atoms with Gasteiger partial charge in [0.25, 0.3) is 0 Å². The van der Waals surface area contributed by atoms with Gasteiger partial charge in [0.1, 0.15) is 5.69 Å². The Morgan fingerprint density at radius 2 is 2.13 bits per heavy atom. The zero-order chi connectivity index (χ0) is 10.8. The van der Waals surface area contributed by atoms with Crippen LogP contribution >= 0.6 is 23.2 Å². The zero-order valence-electron chi connectivity index (χ0n) is 7.39. The Balaban J connectivity index is 2.59. The molecule has 15 heavy (non-hydrogen) atoms. The molecule has 0 aliphatic carbocycles. The molecule has 0 atom stereocenters. The van der Waals surface area contributed by atoms with Crippen molar-refractivity contribution in [1.82, 2.24) is 15.0 Å². The molecule has 0 N–H and O–H groups in total. The highest BCUT2D eigenvalue weighted by molar-refractivity contribution is 6.35. The molecule has 76 valence electrons. The van der Waals surface area contributed by atoms with Crippen molar-refractivity contribution >= 4 is 29.5 Å². The summed E-state index contributed by atoms with van der Waals surface area (Å²) in [6, 6.07) is 4.92. The van der Waals surface area contributed by atoms with Crippen LogP contribution in [-0.2, 0) is 0 Å². The van der Waals surface area contributed by atoms with Crippen LogP contribution in [-0.4, -0.2) is 21.3 Å². The minimum absolute atomic E-state index is 0.333. The number of aldehydes is 1. The van der Waals surface area contributed by atoms with E-state index in [1.54, 1.807) is 18.2 Å². The van der Waals surface area contributed by atoms with Crippen molar-refractivity contribution in [3.8, 4) is 5.69 Å². The fourth-order valence-electron chi connectivity index (χ4n) is 1.16. The van der Waals surface area contributed by atoms with Crippen LogP contribution in [0.1, 0.15) is 10.5 Å². The van der Waals surface area contributed by atoms with E-state index in [1.165, 1.54) is 10.9 Å². The third-order valence-electron chi connectivity index (χ3n) is 1.83. The van der Waals surface area contributed by atoms with Crippen LogP contribution in [0.4, 0.5) is 0 Å². The summed E-state index contributed by atoms with van der Waals surface area (Å²) in [7, 11) is 0. The molecule has 0 saturated heterocycles. The van der Waals surface area contributed by atoms with Crippen LogP contribution in [0.3, 0.4) is 0 Å².